The van der Waals surface area contributed by atoms with Crippen LogP contribution in [0.3, 0.4) is 0 Å². The van der Waals surface area contributed by atoms with Gasteiger partial charge < -0.3 is 20.1 Å². The van der Waals surface area contributed by atoms with E-state index in [1.54, 1.807) is 0 Å². The van der Waals surface area contributed by atoms with Crippen molar-refractivity contribution in [2.75, 3.05) is 18.9 Å². The molecule has 0 aromatic heterocycles. The summed E-state index contributed by atoms with van der Waals surface area (Å²) >= 11 is 1.48. The molecule has 4 rings (SSSR count). The number of carbonyl (C=O) groups excluding carboxylic acids is 2. The van der Waals surface area contributed by atoms with Crippen LogP contribution in [0.4, 0.5) is 4.79 Å². The number of fused-ring (bicyclic) bond motifs is 3. The maximum Gasteiger partial charge on any atom is 0.407 e. The smallest absolute Gasteiger partial charge is 0.407 e. The van der Waals surface area contributed by atoms with Crippen molar-refractivity contribution in [3.8, 4) is 11.1 Å². The average molecular weight is 483 g/mol. The van der Waals surface area contributed by atoms with Gasteiger partial charge in [0.25, 0.3) is 0 Å². The molecule has 0 bridgehead atoms. The predicted octanol–water partition coefficient (Wildman–Crippen LogP) is 4.32. The lowest BCUT2D eigenvalue weighted by atomic mass is 9.98. The van der Waals surface area contributed by atoms with Crippen LogP contribution >= 0.6 is 11.8 Å². The van der Waals surface area contributed by atoms with Gasteiger partial charge in [-0.3, -0.25) is 4.79 Å². The molecule has 1 saturated heterocycles. The van der Waals surface area contributed by atoms with E-state index >= 15 is 0 Å². The van der Waals surface area contributed by atoms with Crippen LogP contribution < -0.4 is 5.32 Å². The van der Waals surface area contributed by atoms with Crippen LogP contribution in [0.1, 0.15) is 43.7 Å². The summed E-state index contributed by atoms with van der Waals surface area (Å²) in [5.41, 5.74) is 4.69. The molecule has 8 heteroatoms. The number of hydrogen-bond donors (Lipinski definition) is 2. The Bertz CT molecular complexity index is 1030. The summed E-state index contributed by atoms with van der Waals surface area (Å²) in [5.74, 6) is -0.636. The second kappa shape index (κ2) is 10.5. The first-order chi connectivity index (χ1) is 16.4. The number of carbonyl (C=O) groups is 3. The molecule has 1 aliphatic carbocycles. The van der Waals surface area contributed by atoms with Crippen molar-refractivity contribution in [1.29, 1.82) is 0 Å². The maximum atomic E-state index is 12.6. The molecule has 2 N–H and O–H groups in total. The van der Waals surface area contributed by atoms with Crippen molar-refractivity contribution < 1.29 is 24.2 Å². The summed E-state index contributed by atoms with van der Waals surface area (Å²) in [6.45, 7) is 4.45. The second-order valence-corrected chi connectivity index (χ2v) is 10.3. The van der Waals surface area contributed by atoms with E-state index in [0.29, 0.717) is 18.7 Å². The van der Waals surface area contributed by atoms with Gasteiger partial charge in [0.15, 0.2) is 0 Å². The number of alkyl carbamates (subject to hydrolysis) is 1. The Morgan fingerprint density at radius 1 is 1.12 bits per heavy atom. The van der Waals surface area contributed by atoms with Crippen molar-refractivity contribution in [1.82, 2.24) is 10.2 Å². The molecule has 2 amide bonds. The van der Waals surface area contributed by atoms with Gasteiger partial charge in [0.2, 0.25) is 5.91 Å². The van der Waals surface area contributed by atoms with Gasteiger partial charge in [0, 0.05) is 24.6 Å². The standard InChI is InChI=1S/C26H30N2O5S/c1-16(11-12-24(29)28-17(2)34-15-23(28)25(30)31)13-27-26(32)33-14-22-20-9-5-3-7-18(20)19-8-4-6-10-21(19)22/h3-10,16-17,22-23H,11-15H2,1-2H3,(H,27,32)(H,30,31). The molecule has 3 unspecified atom stereocenters. The molecule has 3 atom stereocenters. The molecule has 34 heavy (non-hydrogen) atoms. The monoisotopic (exact) mass is 482 g/mol. The minimum absolute atomic E-state index is 0.00990. The van der Waals surface area contributed by atoms with Gasteiger partial charge in [-0.25, -0.2) is 9.59 Å². The number of amides is 2. The largest absolute Gasteiger partial charge is 0.480 e. The fourth-order valence-corrected chi connectivity index (χ4v) is 5.91. The zero-order chi connectivity index (χ0) is 24.2. The van der Waals surface area contributed by atoms with Crippen LogP contribution in [0.2, 0.25) is 0 Å². The number of thioether (sulfide) groups is 1. The lowest BCUT2D eigenvalue weighted by Gasteiger charge is -2.25. The number of nitrogens with one attached hydrogen (secondary N) is 1. The molecular formula is C26H30N2O5S. The Labute approximate surface area is 203 Å². The lowest BCUT2D eigenvalue weighted by molar-refractivity contribution is -0.149. The first-order valence-electron chi connectivity index (χ1n) is 11.6. The van der Waals surface area contributed by atoms with Crippen molar-refractivity contribution in [3.63, 3.8) is 0 Å². The minimum Gasteiger partial charge on any atom is -0.480 e. The average Bonchev–Trinajstić information content (AvgIpc) is 3.38. The summed E-state index contributed by atoms with van der Waals surface area (Å²) in [6.07, 6.45) is 0.334. The first-order valence-corrected chi connectivity index (χ1v) is 12.7. The van der Waals surface area contributed by atoms with Gasteiger partial charge >= 0.3 is 12.1 Å². The molecule has 0 saturated carbocycles. The first kappa shape index (κ1) is 24.1. The highest BCUT2D eigenvalue weighted by Crippen LogP contribution is 2.44. The number of ether oxygens (including phenoxy) is 1. The lowest BCUT2D eigenvalue weighted by Crippen LogP contribution is -2.44. The molecule has 2 aliphatic rings. The van der Waals surface area contributed by atoms with E-state index in [1.165, 1.54) is 27.8 Å². The molecule has 2 aromatic rings. The SMILES string of the molecule is CC(CCC(=O)N1C(C)SCC1C(=O)O)CNC(=O)OCC1c2ccccc2-c2ccccc21. The van der Waals surface area contributed by atoms with Gasteiger partial charge in [-0.1, -0.05) is 55.5 Å². The van der Waals surface area contributed by atoms with E-state index in [1.807, 2.05) is 38.1 Å². The number of nitrogens with zero attached hydrogens (tertiary/aromatic N) is 1. The van der Waals surface area contributed by atoms with Crippen molar-refractivity contribution >= 4 is 29.7 Å². The minimum atomic E-state index is -0.963. The number of rotatable bonds is 8. The highest BCUT2D eigenvalue weighted by Gasteiger charge is 2.39. The van der Waals surface area contributed by atoms with Crippen LogP contribution in [0.25, 0.3) is 11.1 Å². The van der Waals surface area contributed by atoms with E-state index in [-0.39, 0.29) is 36.1 Å². The molecule has 1 heterocycles. The fraction of sp³-hybridized carbons (Fsp3) is 0.423. The van der Waals surface area contributed by atoms with Gasteiger partial charge in [-0.15, -0.1) is 11.8 Å². The van der Waals surface area contributed by atoms with E-state index in [4.69, 9.17) is 4.74 Å². The molecule has 180 valence electrons. The van der Waals surface area contributed by atoms with Crippen LogP contribution in [0.15, 0.2) is 48.5 Å². The third-order valence-corrected chi connectivity index (χ3v) is 7.80. The Kier molecular flexibility index (Phi) is 7.46. The molecular weight excluding hydrogens is 452 g/mol. The van der Waals surface area contributed by atoms with Crippen molar-refractivity contribution in [2.45, 2.75) is 44.0 Å². The maximum absolute atomic E-state index is 12.6. The number of carboxylic acid groups (broad SMARTS) is 1. The van der Waals surface area contributed by atoms with Gasteiger partial charge in [0.05, 0.1) is 5.37 Å². The Morgan fingerprint density at radius 2 is 1.74 bits per heavy atom. The van der Waals surface area contributed by atoms with Crippen LogP contribution in [-0.2, 0) is 14.3 Å². The quantitative estimate of drug-likeness (QED) is 0.582. The zero-order valence-corrected chi connectivity index (χ0v) is 20.2. The molecule has 2 aromatic carbocycles. The van der Waals surface area contributed by atoms with E-state index in [2.05, 4.69) is 29.6 Å². The summed E-state index contributed by atoms with van der Waals surface area (Å²) < 4.78 is 5.56. The predicted molar refractivity (Wildman–Crippen MR) is 132 cm³/mol. The number of aliphatic carboxylic acids is 1. The van der Waals surface area contributed by atoms with Crippen LogP contribution in [0, 0.1) is 5.92 Å². The van der Waals surface area contributed by atoms with Gasteiger partial charge in [-0.2, -0.15) is 0 Å². The Morgan fingerprint density at radius 3 is 2.35 bits per heavy atom. The normalized spacial score (nSPS) is 19.9. The Hall–Kier alpha value is -3.00. The topological polar surface area (TPSA) is 95.9 Å². The number of carboxylic acids is 1. The summed E-state index contributed by atoms with van der Waals surface area (Å²) in [4.78, 5) is 37.8. The van der Waals surface area contributed by atoms with Crippen molar-refractivity contribution in [2.24, 2.45) is 5.92 Å². The molecule has 0 spiro atoms. The highest BCUT2D eigenvalue weighted by molar-refractivity contribution is 8.00. The zero-order valence-electron chi connectivity index (χ0n) is 19.4. The van der Waals surface area contributed by atoms with Crippen molar-refractivity contribution in [3.05, 3.63) is 59.7 Å². The van der Waals surface area contributed by atoms with Gasteiger partial charge in [-0.05, 0) is 41.5 Å². The molecule has 7 nitrogen and oxygen atoms in total. The van der Waals surface area contributed by atoms with E-state index < -0.39 is 18.1 Å². The second-order valence-electron chi connectivity index (χ2n) is 8.94. The number of hydrogen-bond acceptors (Lipinski definition) is 5. The molecule has 1 fully saturated rings. The van der Waals surface area contributed by atoms with E-state index in [0.717, 1.165) is 11.1 Å². The van der Waals surface area contributed by atoms with Gasteiger partial charge in [0.1, 0.15) is 12.6 Å². The summed E-state index contributed by atoms with van der Waals surface area (Å²) in [7, 11) is 0. The summed E-state index contributed by atoms with van der Waals surface area (Å²) in [6, 6.07) is 15.6. The van der Waals surface area contributed by atoms with Crippen LogP contribution in [-0.4, -0.2) is 58.3 Å². The Balaban J connectivity index is 1.23. The number of benzene rings is 2. The third-order valence-electron chi connectivity index (χ3n) is 6.59. The molecule has 1 aliphatic heterocycles. The van der Waals surface area contributed by atoms with E-state index in [9.17, 15) is 19.5 Å². The summed E-state index contributed by atoms with van der Waals surface area (Å²) in [5, 5.41) is 12.0. The fourth-order valence-electron chi connectivity index (χ4n) is 4.72. The van der Waals surface area contributed by atoms with Crippen LogP contribution in [0.5, 0.6) is 0 Å². The third kappa shape index (κ3) is 5.06. The molecule has 0 radical (unpaired) electrons. The highest BCUT2D eigenvalue weighted by atomic mass is 32.2.